The Labute approximate surface area is 176 Å². The first-order valence-electron chi connectivity index (χ1n) is 9.83. The van der Waals surface area contributed by atoms with E-state index in [2.05, 4.69) is 5.32 Å². The number of hydrogen-bond donors (Lipinski definition) is 1. The molecule has 0 saturated carbocycles. The normalized spacial score (nSPS) is 10.5. The van der Waals surface area contributed by atoms with Crippen LogP contribution in [-0.4, -0.2) is 30.2 Å². The zero-order valence-electron chi connectivity index (χ0n) is 17.7. The molecule has 1 N–H and O–H groups in total. The Morgan fingerprint density at radius 1 is 1.00 bits per heavy atom. The number of anilines is 1. The second kappa shape index (κ2) is 9.31. The summed E-state index contributed by atoms with van der Waals surface area (Å²) in [5.41, 5.74) is 4.34. The molecule has 0 fully saturated rings. The van der Waals surface area contributed by atoms with Gasteiger partial charge in [0.1, 0.15) is 12.3 Å². The number of benzene rings is 2. The number of rotatable bonds is 7. The second-order valence-electron chi connectivity index (χ2n) is 6.86. The van der Waals surface area contributed by atoms with Crippen molar-refractivity contribution in [3.8, 4) is 17.0 Å². The number of nitrogens with one attached hydrogen (secondary N) is 1. The minimum Gasteiger partial charge on any atom is -0.495 e. The van der Waals surface area contributed by atoms with Crippen LogP contribution in [0.3, 0.4) is 0 Å². The molecule has 0 aliphatic rings. The van der Waals surface area contributed by atoms with Gasteiger partial charge in [-0.25, -0.2) is 4.79 Å². The summed E-state index contributed by atoms with van der Waals surface area (Å²) in [5.74, 6) is -0.0134. The molecule has 0 spiro atoms. The predicted octanol–water partition coefficient (Wildman–Crippen LogP) is 4.60. The van der Waals surface area contributed by atoms with Gasteiger partial charge in [0.15, 0.2) is 0 Å². The Morgan fingerprint density at radius 3 is 2.33 bits per heavy atom. The predicted molar refractivity (Wildman–Crippen MR) is 117 cm³/mol. The van der Waals surface area contributed by atoms with Crippen LogP contribution in [0.15, 0.2) is 54.6 Å². The van der Waals surface area contributed by atoms with Crippen molar-refractivity contribution in [2.45, 2.75) is 27.3 Å². The second-order valence-corrected chi connectivity index (χ2v) is 6.86. The van der Waals surface area contributed by atoms with Crippen LogP contribution in [0.25, 0.3) is 11.3 Å². The fraction of sp³-hybridized carbons (Fsp3) is 0.250. The van der Waals surface area contributed by atoms with E-state index < -0.39 is 0 Å². The molecule has 2 aromatic carbocycles. The maximum atomic E-state index is 12.9. The summed E-state index contributed by atoms with van der Waals surface area (Å²) < 4.78 is 12.4. The highest BCUT2D eigenvalue weighted by molar-refractivity contribution is 5.97. The van der Waals surface area contributed by atoms with Crippen LogP contribution >= 0.6 is 0 Å². The molecule has 6 heteroatoms. The fourth-order valence-electron chi connectivity index (χ4n) is 3.65. The van der Waals surface area contributed by atoms with Crippen molar-refractivity contribution in [2.24, 2.45) is 0 Å². The van der Waals surface area contributed by atoms with Crippen molar-refractivity contribution in [3.05, 3.63) is 71.4 Å². The molecule has 0 unspecified atom stereocenters. The van der Waals surface area contributed by atoms with Crippen LogP contribution in [0, 0.1) is 13.8 Å². The van der Waals surface area contributed by atoms with Crippen molar-refractivity contribution in [1.29, 1.82) is 0 Å². The van der Waals surface area contributed by atoms with Crippen molar-refractivity contribution in [2.75, 3.05) is 19.0 Å². The molecule has 1 heterocycles. The third kappa shape index (κ3) is 4.22. The molecule has 0 atom stereocenters. The maximum absolute atomic E-state index is 12.9. The average Bonchev–Trinajstić information content (AvgIpc) is 2.98. The molecule has 30 heavy (non-hydrogen) atoms. The number of methoxy groups -OCH3 is 1. The van der Waals surface area contributed by atoms with E-state index in [1.54, 1.807) is 26.2 Å². The lowest BCUT2D eigenvalue weighted by atomic mass is 10.1. The largest absolute Gasteiger partial charge is 0.495 e. The average molecular weight is 406 g/mol. The van der Waals surface area contributed by atoms with Gasteiger partial charge >= 0.3 is 5.97 Å². The zero-order valence-corrected chi connectivity index (χ0v) is 17.7. The van der Waals surface area contributed by atoms with Crippen LogP contribution < -0.4 is 10.1 Å². The van der Waals surface area contributed by atoms with Gasteiger partial charge in [0.05, 0.1) is 30.7 Å². The number of para-hydroxylation sites is 2. The molecule has 0 aliphatic heterocycles. The summed E-state index contributed by atoms with van der Waals surface area (Å²) in [6, 6.07) is 17.0. The smallest absolute Gasteiger partial charge is 0.340 e. The van der Waals surface area contributed by atoms with E-state index in [4.69, 9.17) is 9.47 Å². The van der Waals surface area contributed by atoms with E-state index in [1.807, 2.05) is 60.9 Å². The molecular formula is C24H26N2O4. The molecule has 156 valence electrons. The summed E-state index contributed by atoms with van der Waals surface area (Å²) in [7, 11) is 1.56. The molecule has 0 saturated heterocycles. The molecule has 6 nitrogen and oxygen atoms in total. The van der Waals surface area contributed by atoms with Gasteiger partial charge in [-0.3, -0.25) is 4.79 Å². The van der Waals surface area contributed by atoms with Crippen LogP contribution in [-0.2, 0) is 16.1 Å². The summed E-state index contributed by atoms with van der Waals surface area (Å²) in [5, 5.41) is 2.90. The quantitative estimate of drug-likeness (QED) is 0.583. The Morgan fingerprint density at radius 2 is 1.67 bits per heavy atom. The van der Waals surface area contributed by atoms with Crippen molar-refractivity contribution in [1.82, 2.24) is 4.57 Å². The molecular weight excluding hydrogens is 380 g/mol. The zero-order chi connectivity index (χ0) is 21.7. The van der Waals surface area contributed by atoms with E-state index in [1.165, 1.54) is 0 Å². The highest BCUT2D eigenvalue weighted by Crippen LogP contribution is 2.32. The van der Waals surface area contributed by atoms with Gasteiger partial charge in [-0.2, -0.15) is 0 Å². The number of amides is 1. The number of aromatic nitrogens is 1. The first-order valence-corrected chi connectivity index (χ1v) is 9.83. The Balaban J connectivity index is 2.01. The monoisotopic (exact) mass is 406 g/mol. The van der Waals surface area contributed by atoms with Crippen LogP contribution in [0.4, 0.5) is 5.69 Å². The van der Waals surface area contributed by atoms with Crippen molar-refractivity contribution in [3.63, 3.8) is 0 Å². The van der Waals surface area contributed by atoms with Gasteiger partial charge in [0.2, 0.25) is 5.91 Å². The summed E-state index contributed by atoms with van der Waals surface area (Å²) in [6.45, 7) is 5.84. The van der Waals surface area contributed by atoms with E-state index in [0.717, 1.165) is 16.8 Å². The summed E-state index contributed by atoms with van der Waals surface area (Å²) in [4.78, 5) is 25.5. The molecule has 0 bridgehead atoms. The van der Waals surface area contributed by atoms with Gasteiger partial charge in [-0.1, -0.05) is 42.5 Å². The van der Waals surface area contributed by atoms with E-state index in [-0.39, 0.29) is 25.0 Å². The number of ether oxygens (including phenoxy) is 2. The Kier molecular flexibility index (Phi) is 6.57. The minimum absolute atomic E-state index is 0.0500. The Bertz CT molecular complexity index is 1050. The van der Waals surface area contributed by atoms with Crippen LogP contribution in [0.1, 0.15) is 28.5 Å². The van der Waals surface area contributed by atoms with Gasteiger partial charge in [-0.15, -0.1) is 0 Å². The van der Waals surface area contributed by atoms with Crippen LogP contribution in [0.2, 0.25) is 0 Å². The summed E-state index contributed by atoms with van der Waals surface area (Å²) >= 11 is 0. The lowest BCUT2D eigenvalue weighted by molar-refractivity contribution is -0.116. The molecule has 1 amide bonds. The number of carbonyl (C=O) groups excluding carboxylic acids is 2. The lowest BCUT2D eigenvalue weighted by Crippen LogP contribution is -2.20. The van der Waals surface area contributed by atoms with Crippen molar-refractivity contribution < 1.29 is 19.1 Å². The Hall–Kier alpha value is -3.54. The highest BCUT2D eigenvalue weighted by Gasteiger charge is 2.25. The molecule has 0 aliphatic carbocycles. The molecule has 3 rings (SSSR count). The van der Waals surface area contributed by atoms with Gasteiger partial charge < -0.3 is 19.4 Å². The molecule has 3 aromatic rings. The fourth-order valence-corrected chi connectivity index (χ4v) is 3.65. The highest BCUT2D eigenvalue weighted by atomic mass is 16.5. The van der Waals surface area contributed by atoms with E-state index in [0.29, 0.717) is 22.7 Å². The SMILES string of the molecule is CCOC(=O)c1c(C)c(-c2ccccc2)n(CC(=O)Nc2ccccc2OC)c1C. The maximum Gasteiger partial charge on any atom is 0.340 e. The molecule has 1 aromatic heterocycles. The van der Waals surface area contributed by atoms with E-state index >= 15 is 0 Å². The number of carbonyl (C=O) groups is 2. The van der Waals surface area contributed by atoms with Gasteiger partial charge in [-0.05, 0) is 44.0 Å². The van der Waals surface area contributed by atoms with Gasteiger partial charge in [0.25, 0.3) is 0 Å². The van der Waals surface area contributed by atoms with Crippen molar-refractivity contribution >= 4 is 17.6 Å². The first kappa shape index (κ1) is 21.2. The third-order valence-corrected chi connectivity index (χ3v) is 4.98. The number of nitrogens with zero attached hydrogens (tertiary/aromatic N) is 1. The number of esters is 1. The van der Waals surface area contributed by atoms with E-state index in [9.17, 15) is 9.59 Å². The van der Waals surface area contributed by atoms with Gasteiger partial charge in [0, 0.05) is 5.69 Å². The van der Waals surface area contributed by atoms with Crippen LogP contribution in [0.5, 0.6) is 5.75 Å². The standard InChI is InChI=1S/C24H26N2O4/c1-5-30-24(28)22-16(2)23(18-11-7-6-8-12-18)26(17(22)3)15-21(27)25-19-13-9-10-14-20(19)29-4/h6-14H,5,15H2,1-4H3,(H,25,27). The summed E-state index contributed by atoms with van der Waals surface area (Å²) in [6.07, 6.45) is 0. The third-order valence-electron chi connectivity index (χ3n) is 4.98. The lowest BCUT2D eigenvalue weighted by Gasteiger charge is -2.14. The first-order chi connectivity index (χ1) is 14.5. The molecule has 0 radical (unpaired) electrons. The minimum atomic E-state index is -0.381. The topological polar surface area (TPSA) is 69.6 Å². The number of hydrogen-bond acceptors (Lipinski definition) is 4.